The summed E-state index contributed by atoms with van der Waals surface area (Å²) in [6.07, 6.45) is -5.16. The van der Waals surface area contributed by atoms with Gasteiger partial charge < -0.3 is 47.7 Å². The fourth-order valence-electron chi connectivity index (χ4n) is 7.14. The van der Waals surface area contributed by atoms with Crippen molar-refractivity contribution in [2.75, 3.05) is 34.5 Å². The Morgan fingerprint density at radius 1 is 0.792 bits per heavy atom. The molecular weight excluding hydrogens is 616 g/mol. The maximum atomic E-state index is 11.4. The average molecular weight is 663 g/mol. The van der Waals surface area contributed by atoms with E-state index >= 15 is 0 Å². The van der Waals surface area contributed by atoms with Crippen molar-refractivity contribution in [3.05, 3.63) is 120 Å². The van der Waals surface area contributed by atoms with Crippen LogP contribution in [0.5, 0.6) is 0 Å². The minimum Gasteiger partial charge on any atom is -0.387 e. The fraction of sp³-hybridized carbons (Fsp3) is 0.474. The van der Waals surface area contributed by atoms with Gasteiger partial charge >= 0.3 is 0 Å². The van der Waals surface area contributed by atoms with E-state index in [-0.39, 0.29) is 26.4 Å². The molecule has 258 valence electrons. The van der Waals surface area contributed by atoms with E-state index in [2.05, 4.69) is 6.58 Å². The Morgan fingerprint density at radius 3 is 1.92 bits per heavy atom. The average Bonchev–Trinajstić information content (AvgIpc) is 3.14. The van der Waals surface area contributed by atoms with E-state index in [9.17, 15) is 5.11 Å². The molecule has 1 N–H and O–H groups in total. The standard InChI is InChI=1S/C38H46O10/c1-5-37-25-46-31(30(40-2)33(37)39)35(48-37)38(42-4)29(24-43-21-26-15-9-6-10-16-26)47-36(41-3)32(44-22-27-17-11-7-12-18-27)34(38)45-23-28-19-13-8-14-20-28/h5-20,29-36,39H,1,21-25H2,2-4H3/t29-,30-,31-,32-,33+,34-,35-,36+,37-,38-/m1/s1. The normalized spacial score (nSPS) is 34.6. The molecule has 2 bridgehead atoms. The Balaban J connectivity index is 1.43. The Morgan fingerprint density at radius 2 is 1.38 bits per heavy atom. The lowest BCUT2D eigenvalue weighted by Gasteiger charge is -2.63. The highest BCUT2D eigenvalue weighted by molar-refractivity contribution is 5.23. The second-order valence-corrected chi connectivity index (χ2v) is 12.4. The SMILES string of the molecule is C=C[C@@]12CO[C@H]([C@@H](OC)[C@@H]1O)[C@H]([C@]1(OC)[C@H](OCc3ccccc3)[C@@H](OCc3ccccc3)[C@@H](OC)O[C@@H]1COCc1ccccc1)O2. The first kappa shape index (κ1) is 34.8. The predicted molar refractivity (Wildman–Crippen MR) is 176 cm³/mol. The van der Waals surface area contributed by atoms with Crippen LogP contribution in [0.25, 0.3) is 0 Å². The van der Waals surface area contributed by atoms with Crippen LogP contribution in [0.15, 0.2) is 104 Å². The lowest BCUT2D eigenvalue weighted by molar-refractivity contribution is -0.414. The topological polar surface area (TPSA) is 103 Å². The summed E-state index contributed by atoms with van der Waals surface area (Å²) in [4.78, 5) is 0. The number of hydrogen-bond acceptors (Lipinski definition) is 10. The summed E-state index contributed by atoms with van der Waals surface area (Å²) < 4.78 is 58.3. The van der Waals surface area contributed by atoms with Gasteiger partial charge in [0, 0.05) is 21.3 Å². The Bertz CT molecular complexity index is 1430. The lowest BCUT2D eigenvalue weighted by Crippen LogP contribution is -2.82. The number of aliphatic hydroxyl groups excluding tert-OH is 1. The third-order valence-electron chi connectivity index (χ3n) is 9.68. The van der Waals surface area contributed by atoms with Gasteiger partial charge in [-0.25, -0.2) is 0 Å². The summed E-state index contributed by atoms with van der Waals surface area (Å²) in [5, 5.41) is 11.4. The number of aliphatic hydroxyl groups is 1. The molecule has 0 spiro atoms. The number of rotatable bonds is 15. The molecule has 3 aromatic carbocycles. The van der Waals surface area contributed by atoms with Gasteiger partial charge in [0.05, 0.1) is 33.0 Å². The molecule has 4 fully saturated rings. The highest BCUT2D eigenvalue weighted by atomic mass is 16.7. The summed E-state index contributed by atoms with van der Waals surface area (Å²) in [7, 11) is 4.71. The molecule has 4 saturated heterocycles. The van der Waals surface area contributed by atoms with Gasteiger partial charge in [-0.2, -0.15) is 0 Å². The largest absolute Gasteiger partial charge is 0.387 e. The zero-order valence-corrected chi connectivity index (χ0v) is 27.7. The van der Waals surface area contributed by atoms with E-state index in [1.165, 1.54) is 0 Å². The molecule has 10 atom stereocenters. The number of fused-ring (bicyclic) bond motifs is 3. The molecule has 10 heteroatoms. The van der Waals surface area contributed by atoms with Crippen molar-refractivity contribution in [3.8, 4) is 0 Å². The van der Waals surface area contributed by atoms with E-state index in [1.54, 1.807) is 27.4 Å². The number of methoxy groups -OCH3 is 3. The van der Waals surface area contributed by atoms with Gasteiger partial charge in [-0.05, 0) is 16.7 Å². The van der Waals surface area contributed by atoms with Crippen molar-refractivity contribution >= 4 is 0 Å². The van der Waals surface area contributed by atoms with Crippen molar-refractivity contribution in [3.63, 3.8) is 0 Å². The molecular formula is C38H46O10. The first-order valence-corrected chi connectivity index (χ1v) is 16.3. The minimum absolute atomic E-state index is 0.0903. The Labute approximate surface area is 282 Å². The molecule has 4 aliphatic rings. The molecule has 4 aliphatic heterocycles. The third-order valence-corrected chi connectivity index (χ3v) is 9.68. The van der Waals surface area contributed by atoms with Crippen molar-refractivity contribution in [2.24, 2.45) is 0 Å². The number of ether oxygens (including phenoxy) is 9. The number of benzene rings is 3. The van der Waals surface area contributed by atoms with Crippen molar-refractivity contribution < 1.29 is 47.7 Å². The second-order valence-electron chi connectivity index (χ2n) is 12.4. The Kier molecular flexibility index (Phi) is 11.4. The van der Waals surface area contributed by atoms with Gasteiger partial charge in [-0.1, -0.05) is 97.1 Å². The molecule has 7 rings (SSSR count). The highest BCUT2D eigenvalue weighted by Crippen LogP contribution is 2.49. The van der Waals surface area contributed by atoms with Crippen LogP contribution in [0, 0.1) is 0 Å². The van der Waals surface area contributed by atoms with Crippen molar-refractivity contribution in [1.82, 2.24) is 0 Å². The zero-order chi connectivity index (χ0) is 33.6. The lowest BCUT2D eigenvalue weighted by atomic mass is 9.71. The van der Waals surface area contributed by atoms with E-state index < -0.39 is 60.2 Å². The van der Waals surface area contributed by atoms with Gasteiger partial charge in [-0.15, -0.1) is 6.58 Å². The maximum Gasteiger partial charge on any atom is 0.186 e. The highest BCUT2D eigenvalue weighted by Gasteiger charge is 2.71. The zero-order valence-electron chi connectivity index (χ0n) is 27.7. The van der Waals surface area contributed by atoms with E-state index in [4.69, 9.17) is 42.6 Å². The summed E-state index contributed by atoms with van der Waals surface area (Å²) in [6, 6.07) is 29.6. The Hall–Kier alpha value is -3.00. The van der Waals surface area contributed by atoms with Crippen LogP contribution >= 0.6 is 0 Å². The third kappa shape index (κ3) is 6.75. The van der Waals surface area contributed by atoms with Crippen molar-refractivity contribution in [2.45, 2.75) is 80.0 Å². The van der Waals surface area contributed by atoms with E-state index in [0.29, 0.717) is 6.61 Å². The van der Waals surface area contributed by atoms with Crippen LogP contribution in [-0.2, 0) is 62.5 Å². The van der Waals surface area contributed by atoms with Crippen LogP contribution in [0.2, 0.25) is 0 Å². The van der Waals surface area contributed by atoms with Gasteiger partial charge in [0.1, 0.15) is 48.3 Å². The molecule has 3 aromatic rings. The summed E-state index contributed by atoms with van der Waals surface area (Å²) in [6.45, 7) is 5.02. The molecule has 0 amide bonds. The predicted octanol–water partition coefficient (Wildman–Crippen LogP) is 4.23. The smallest absolute Gasteiger partial charge is 0.186 e. The fourth-order valence-corrected chi connectivity index (χ4v) is 7.14. The number of hydrogen-bond donors (Lipinski definition) is 1. The van der Waals surface area contributed by atoms with Crippen LogP contribution in [-0.4, -0.2) is 99.9 Å². The monoisotopic (exact) mass is 662 g/mol. The molecule has 0 aromatic heterocycles. The summed E-state index contributed by atoms with van der Waals surface area (Å²) in [5.41, 5.74) is 0.235. The van der Waals surface area contributed by atoms with E-state index in [1.807, 2.05) is 91.0 Å². The van der Waals surface area contributed by atoms with Crippen LogP contribution in [0.3, 0.4) is 0 Å². The minimum atomic E-state index is -1.42. The van der Waals surface area contributed by atoms with Gasteiger partial charge in [0.25, 0.3) is 0 Å². The first-order chi connectivity index (χ1) is 23.5. The van der Waals surface area contributed by atoms with Crippen LogP contribution < -0.4 is 0 Å². The second kappa shape index (κ2) is 15.7. The summed E-state index contributed by atoms with van der Waals surface area (Å²) in [5.74, 6) is 0. The molecule has 10 nitrogen and oxygen atoms in total. The van der Waals surface area contributed by atoms with Gasteiger partial charge in [0.15, 0.2) is 11.9 Å². The van der Waals surface area contributed by atoms with E-state index in [0.717, 1.165) is 16.7 Å². The molecule has 48 heavy (non-hydrogen) atoms. The first-order valence-electron chi connectivity index (χ1n) is 16.3. The summed E-state index contributed by atoms with van der Waals surface area (Å²) >= 11 is 0. The molecule has 4 heterocycles. The van der Waals surface area contributed by atoms with Crippen LogP contribution in [0.1, 0.15) is 16.7 Å². The quantitative estimate of drug-likeness (QED) is 0.238. The molecule has 0 aliphatic carbocycles. The van der Waals surface area contributed by atoms with Crippen LogP contribution in [0.4, 0.5) is 0 Å². The van der Waals surface area contributed by atoms with Gasteiger partial charge in [0.2, 0.25) is 0 Å². The molecule has 0 unspecified atom stereocenters. The van der Waals surface area contributed by atoms with Crippen molar-refractivity contribution in [1.29, 1.82) is 0 Å². The maximum absolute atomic E-state index is 11.4. The molecule has 0 saturated carbocycles. The van der Waals surface area contributed by atoms with Gasteiger partial charge in [-0.3, -0.25) is 0 Å². The molecule has 0 radical (unpaired) electrons.